The van der Waals surface area contributed by atoms with Crippen molar-refractivity contribution < 1.29 is 0 Å². The molecule has 1 nitrogen and oxygen atoms in total. The molecule has 2 aromatic carbocycles. The van der Waals surface area contributed by atoms with E-state index in [4.69, 9.17) is 0 Å². The minimum Gasteiger partial charge on any atom is -0.310 e. The van der Waals surface area contributed by atoms with Gasteiger partial charge in [-0.25, -0.2) is 0 Å². The van der Waals surface area contributed by atoms with Gasteiger partial charge in [-0.15, -0.1) is 0 Å². The van der Waals surface area contributed by atoms with Crippen molar-refractivity contribution in [3.8, 4) is 11.1 Å². The average Bonchev–Trinajstić information content (AvgIpc) is 2.40. The predicted octanol–water partition coefficient (Wildman–Crippen LogP) is 4.79. The molecule has 0 aliphatic rings. The summed E-state index contributed by atoms with van der Waals surface area (Å²) in [6, 6.07) is 17.4. The smallest absolute Gasteiger partial charge is 0.0291 e. The summed E-state index contributed by atoms with van der Waals surface area (Å²) in [4.78, 5) is 0. The fourth-order valence-electron chi connectivity index (χ4n) is 2.09. The molecule has 0 aliphatic carbocycles. The van der Waals surface area contributed by atoms with E-state index >= 15 is 0 Å². The molecular formula is C16H18BrN. The Morgan fingerprint density at radius 3 is 2.61 bits per heavy atom. The van der Waals surface area contributed by atoms with Crippen LogP contribution in [0.2, 0.25) is 0 Å². The third-order valence-electron chi connectivity index (χ3n) is 3.08. The van der Waals surface area contributed by atoms with E-state index in [0.29, 0.717) is 6.04 Å². The van der Waals surface area contributed by atoms with Gasteiger partial charge in [-0.3, -0.25) is 0 Å². The summed E-state index contributed by atoms with van der Waals surface area (Å²) in [5.74, 6) is 0. The Labute approximate surface area is 117 Å². The topological polar surface area (TPSA) is 12.0 Å². The first-order chi connectivity index (χ1) is 8.72. The zero-order valence-electron chi connectivity index (χ0n) is 10.8. The molecule has 94 valence electrons. The van der Waals surface area contributed by atoms with Gasteiger partial charge in [-0.05, 0) is 42.3 Å². The van der Waals surface area contributed by atoms with Crippen LogP contribution in [0.3, 0.4) is 0 Å². The molecule has 2 heteroatoms. The molecule has 0 aromatic heterocycles. The molecular weight excluding hydrogens is 286 g/mol. The molecule has 0 amide bonds. The van der Waals surface area contributed by atoms with E-state index in [1.165, 1.54) is 16.7 Å². The van der Waals surface area contributed by atoms with Crippen molar-refractivity contribution in [2.24, 2.45) is 0 Å². The number of hydrogen-bond donors (Lipinski definition) is 1. The van der Waals surface area contributed by atoms with E-state index in [0.717, 1.165) is 11.0 Å². The van der Waals surface area contributed by atoms with Crippen LogP contribution in [-0.4, -0.2) is 6.54 Å². The first-order valence-corrected chi connectivity index (χ1v) is 7.10. The highest BCUT2D eigenvalue weighted by Gasteiger charge is 2.06. The van der Waals surface area contributed by atoms with Crippen LogP contribution in [-0.2, 0) is 0 Å². The molecule has 0 heterocycles. The zero-order valence-corrected chi connectivity index (χ0v) is 12.4. The monoisotopic (exact) mass is 303 g/mol. The highest BCUT2D eigenvalue weighted by Crippen LogP contribution is 2.29. The van der Waals surface area contributed by atoms with E-state index in [-0.39, 0.29) is 0 Å². The van der Waals surface area contributed by atoms with Gasteiger partial charge < -0.3 is 5.32 Å². The van der Waals surface area contributed by atoms with E-state index in [9.17, 15) is 0 Å². The van der Waals surface area contributed by atoms with Gasteiger partial charge in [-0.2, -0.15) is 0 Å². The largest absolute Gasteiger partial charge is 0.310 e. The normalized spacial score (nSPS) is 12.4. The van der Waals surface area contributed by atoms with Crippen LogP contribution in [0.4, 0.5) is 0 Å². The van der Waals surface area contributed by atoms with Crippen LogP contribution in [0.5, 0.6) is 0 Å². The first kappa shape index (κ1) is 13.3. The summed E-state index contributed by atoms with van der Waals surface area (Å²) >= 11 is 3.61. The van der Waals surface area contributed by atoms with Gasteiger partial charge in [0.25, 0.3) is 0 Å². The fourth-order valence-corrected chi connectivity index (χ4v) is 2.61. The van der Waals surface area contributed by atoms with Gasteiger partial charge in [0.15, 0.2) is 0 Å². The molecule has 0 fully saturated rings. The molecule has 0 saturated heterocycles. The molecule has 1 unspecified atom stereocenters. The van der Waals surface area contributed by atoms with Gasteiger partial charge in [0.05, 0.1) is 0 Å². The third kappa shape index (κ3) is 3.01. The zero-order chi connectivity index (χ0) is 13.0. The summed E-state index contributed by atoms with van der Waals surface area (Å²) in [5.41, 5.74) is 3.82. The quantitative estimate of drug-likeness (QED) is 0.856. The Morgan fingerprint density at radius 1 is 1.11 bits per heavy atom. The van der Waals surface area contributed by atoms with Gasteiger partial charge >= 0.3 is 0 Å². The first-order valence-electron chi connectivity index (χ1n) is 6.30. The molecule has 1 atom stereocenters. The lowest BCUT2D eigenvalue weighted by Crippen LogP contribution is -2.17. The maximum atomic E-state index is 3.61. The van der Waals surface area contributed by atoms with Crippen molar-refractivity contribution in [3.63, 3.8) is 0 Å². The van der Waals surface area contributed by atoms with Gasteiger partial charge in [-0.1, -0.05) is 59.3 Å². The second-order valence-electron chi connectivity index (χ2n) is 4.38. The van der Waals surface area contributed by atoms with Crippen molar-refractivity contribution >= 4 is 15.9 Å². The third-order valence-corrected chi connectivity index (χ3v) is 3.77. The predicted molar refractivity (Wildman–Crippen MR) is 81.7 cm³/mol. The number of rotatable bonds is 4. The Morgan fingerprint density at radius 2 is 1.89 bits per heavy atom. The summed E-state index contributed by atoms with van der Waals surface area (Å²) in [6.07, 6.45) is 0. The van der Waals surface area contributed by atoms with E-state index in [2.05, 4.69) is 77.6 Å². The highest BCUT2D eigenvalue weighted by atomic mass is 79.9. The van der Waals surface area contributed by atoms with Crippen molar-refractivity contribution in [1.29, 1.82) is 0 Å². The lowest BCUT2D eigenvalue weighted by Gasteiger charge is -2.14. The van der Waals surface area contributed by atoms with Gasteiger partial charge in [0.2, 0.25) is 0 Å². The molecule has 0 saturated carbocycles. The second-order valence-corrected chi connectivity index (χ2v) is 5.24. The average molecular weight is 304 g/mol. The Bertz CT molecular complexity index is 522. The van der Waals surface area contributed by atoms with Crippen LogP contribution < -0.4 is 5.32 Å². The van der Waals surface area contributed by atoms with Crippen molar-refractivity contribution in [3.05, 3.63) is 58.6 Å². The molecule has 0 bridgehead atoms. The van der Waals surface area contributed by atoms with Gasteiger partial charge in [0, 0.05) is 10.5 Å². The fraction of sp³-hybridized carbons (Fsp3) is 0.250. The van der Waals surface area contributed by atoms with Crippen LogP contribution in [0.25, 0.3) is 11.1 Å². The van der Waals surface area contributed by atoms with E-state index < -0.39 is 0 Å². The highest BCUT2D eigenvalue weighted by molar-refractivity contribution is 9.10. The second kappa shape index (κ2) is 6.17. The summed E-state index contributed by atoms with van der Waals surface area (Å²) < 4.78 is 1.14. The Balaban J connectivity index is 2.36. The minimum absolute atomic E-state index is 0.387. The van der Waals surface area contributed by atoms with E-state index in [1.807, 2.05) is 6.07 Å². The number of benzene rings is 2. The van der Waals surface area contributed by atoms with Crippen molar-refractivity contribution in [2.45, 2.75) is 19.9 Å². The number of nitrogens with one attached hydrogen (secondary N) is 1. The standard InChI is InChI=1S/C16H18BrN/c1-3-18-12(2)13-7-6-8-14(11-13)15-9-4-5-10-16(15)17/h4-12,18H,3H2,1-2H3. The molecule has 0 aliphatic heterocycles. The molecule has 1 N–H and O–H groups in total. The summed E-state index contributed by atoms with van der Waals surface area (Å²) in [7, 11) is 0. The molecule has 0 radical (unpaired) electrons. The molecule has 2 rings (SSSR count). The number of halogens is 1. The number of hydrogen-bond acceptors (Lipinski definition) is 1. The molecule has 2 aromatic rings. The van der Waals surface area contributed by atoms with Crippen LogP contribution in [0.15, 0.2) is 53.0 Å². The Kier molecular flexibility index (Phi) is 4.56. The minimum atomic E-state index is 0.387. The summed E-state index contributed by atoms with van der Waals surface area (Å²) in [5, 5.41) is 3.44. The Hall–Kier alpha value is -1.12. The van der Waals surface area contributed by atoms with Crippen LogP contribution >= 0.6 is 15.9 Å². The molecule has 18 heavy (non-hydrogen) atoms. The van der Waals surface area contributed by atoms with Crippen molar-refractivity contribution in [1.82, 2.24) is 5.32 Å². The van der Waals surface area contributed by atoms with Crippen LogP contribution in [0, 0.1) is 0 Å². The molecule has 0 spiro atoms. The van der Waals surface area contributed by atoms with Gasteiger partial charge in [0.1, 0.15) is 0 Å². The maximum absolute atomic E-state index is 3.61. The van der Waals surface area contributed by atoms with E-state index in [1.54, 1.807) is 0 Å². The maximum Gasteiger partial charge on any atom is 0.0291 e. The summed E-state index contributed by atoms with van der Waals surface area (Å²) in [6.45, 7) is 5.32. The lowest BCUT2D eigenvalue weighted by molar-refractivity contribution is 0.598. The van der Waals surface area contributed by atoms with Crippen molar-refractivity contribution in [2.75, 3.05) is 6.54 Å². The SMILES string of the molecule is CCNC(C)c1cccc(-c2ccccc2Br)c1. The lowest BCUT2D eigenvalue weighted by atomic mass is 10.0. The van der Waals surface area contributed by atoms with Crippen LogP contribution in [0.1, 0.15) is 25.5 Å².